The van der Waals surface area contributed by atoms with Crippen molar-refractivity contribution in [3.05, 3.63) is 127 Å². The molecule has 2 aliphatic rings. The molecule has 2 aliphatic carbocycles. The predicted octanol–water partition coefficient (Wildman–Crippen LogP) is 16.9. The molecule has 0 spiro atoms. The van der Waals surface area contributed by atoms with Gasteiger partial charge >= 0.3 is 0 Å². The van der Waals surface area contributed by atoms with Gasteiger partial charge in [-0.1, -0.05) is 208 Å². The lowest BCUT2D eigenvalue weighted by Crippen LogP contribution is -2.42. The van der Waals surface area contributed by atoms with Crippen LogP contribution in [0.2, 0.25) is 13.1 Å². The summed E-state index contributed by atoms with van der Waals surface area (Å²) < 4.78 is 0. The third-order valence-electron chi connectivity index (χ3n) is 13.5. The van der Waals surface area contributed by atoms with Gasteiger partial charge in [-0.3, -0.25) is 0 Å². The molecule has 0 saturated heterocycles. The number of fused-ring (bicyclic) bond motifs is 2. The zero-order valence-corrected chi connectivity index (χ0v) is 40.7. The van der Waals surface area contributed by atoms with Crippen LogP contribution in [-0.4, -0.2) is 8.07 Å². The third kappa shape index (κ3) is 8.14. The minimum Gasteiger partial charge on any atom is -0.0679 e. The molecule has 1 heteroatoms. The number of benzene rings is 4. The second-order valence-corrected chi connectivity index (χ2v) is 28.3. The van der Waals surface area contributed by atoms with Crippen LogP contribution < -0.4 is 0 Å². The van der Waals surface area contributed by atoms with Crippen molar-refractivity contribution in [3.63, 3.8) is 0 Å². The van der Waals surface area contributed by atoms with Gasteiger partial charge in [0.15, 0.2) is 0 Å². The van der Waals surface area contributed by atoms with E-state index in [1.54, 1.807) is 22.3 Å². The van der Waals surface area contributed by atoms with Gasteiger partial charge in [0.25, 0.3) is 0 Å². The molecular formula is C56H76Si. The summed E-state index contributed by atoms with van der Waals surface area (Å²) in [6.45, 7) is 48.1. The highest BCUT2D eigenvalue weighted by Crippen LogP contribution is 2.56. The Hall–Kier alpha value is -3.42. The average molecular weight is 777 g/mol. The molecule has 0 aliphatic heterocycles. The second-order valence-electron chi connectivity index (χ2n) is 23.5. The summed E-state index contributed by atoms with van der Waals surface area (Å²) in [5.74, 6) is 0.889. The molecular weight excluding hydrogens is 701 g/mol. The fraction of sp³-hybridized carbons (Fsp3) is 0.500. The molecule has 0 bridgehead atoms. The zero-order chi connectivity index (χ0) is 42.5. The van der Waals surface area contributed by atoms with Crippen LogP contribution in [0, 0.1) is 0 Å². The van der Waals surface area contributed by atoms with Crippen molar-refractivity contribution < 1.29 is 0 Å². The topological polar surface area (TPSA) is 0 Å². The Balaban J connectivity index is 1.57. The largest absolute Gasteiger partial charge is 0.0722 e. The summed E-state index contributed by atoms with van der Waals surface area (Å²) in [6, 6.07) is 25.2. The van der Waals surface area contributed by atoms with Gasteiger partial charge in [0, 0.05) is 11.1 Å². The Morgan fingerprint density at radius 1 is 0.421 bits per heavy atom. The van der Waals surface area contributed by atoms with Crippen molar-refractivity contribution in [2.45, 2.75) is 182 Å². The van der Waals surface area contributed by atoms with E-state index in [0.717, 1.165) is 0 Å². The minimum atomic E-state index is -2.13. The van der Waals surface area contributed by atoms with E-state index in [-0.39, 0.29) is 21.7 Å². The quantitative estimate of drug-likeness (QED) is 0.171. The highest BCUT2D eigenvalue weighted by molar-refractivity contribution is 6.81. The molecule has 0 radical (unpaired) electrons. The van der Waals surface area contributed by atoms with Gasteiger partial charge < -0.3 is 0 Å². The van der Waals surface area contributed by atoms with Crippen LogP contribution >= 0.6 is 0 Å². The molecule has 4 aromatic carbocycles. The Morgan fingerprint density at radius 2 is 0.702 bits per heavy atom. The maximum absolute atomic E-state index is 2.71. The summed E-state index contributed by atoms with van der Waals surface area (Å²) in [5.41, 5.74) is 24.4. The van der Waals surface area contributed by atoms with Gasteiger partial charge in [0.1, 0.15) is 0 Å². The first-order chi connectivity index (χ1) is 26.0. The third-order valence-corrected chi connectivity index (χ3v) is 18.0. The van der Waals surface area contributed by atoms with Gasteiger partial charge in [0.05, 0.1) is 8.07 Å². The maximum atomic E-state index is 2.71. The molecule has 0 fully saturated rings. The molecule has 6 rings (SSSR count). The smallest absolute Gasteiger partial charge is 0.0679 e. The Morgan fingerprint density at radius 3 is 0.947 bits per heavy atom. The van der Waals surface area contributed by atoms with Gasteiger partial charge in [-0.25, -0.2) is 0 Å². The number of hydrogen-bond donors (Lipinski definition) is 0. The molecule has 0 amide bonds. The molecule has 0 saturated carbocycles. The molecule has 0 N–H and O–H groups in total. The van der Waals surface area contributed by atoms with E-state index < -0.39 is 8.07 Å². The summed E-state index contributed by atoms with van der Waals surface area (Å²) in [7, 11) is -2.13. The Bertz CT molecular complexity index is 2040. The van der Waals surface area contributed by atoms with Crippen LogP contribution in [0.25, 0.3) is 34.4 Å². The Labute approximate surface area is 350 Å². The number of rotatable bonds is 6. The minimum absolute atomic E-state index is 0.0633. The summed E-state index contributed by atoms with van der Waals surface area (Å²) in [5, 5.41) is 0. The fourth-order valence-corrected chi connectivity index (χ4v) is 14.8. The highest BCUT2D eigenvalue weighted by atomic mass is 28.3. The van der Waals surface area contributed by atoms with E-state index in [0.29, 0.717) is 22.9 Å². The van der Waals surface area contributed by atoms with Crippen molar-refractivity contribution in [1.82, 2.24) is 0 Å². The first-order valence-electron chi connectivity index (χ1n) is 22.0. The maximum Gasteiger partial charge on any atom is 0.0722 e. The van der Waals surface area contributed by atoms with Gasteiger partial charge in [-0.15, -0.1) is 0 Å². The molecule has 0 aromatic heterocycles. The molecule has 0 nitrogen and oxygen atoms in total. The normalized spacial score (nSPS) is 17.6. The lowest BCUT2D eigenvalue weighted by atomic mass is 9.78. The monoisotopic (exact) mass is 777 g/mol. The van der Waals surface area contributed by atoms with Crippen molar-refractivity contribution in [3.8, 4) is 22.3 Å². The number of allylic oxidation sites excluding steroid dienone is 2. The molecule has 304 valence electrons. The molecule has 4 aromatic rings. The first-order valence-corrected chi connectivity index (χ1v) is 25.2. The van der Waals surface area contributed by atoms with Crippen molar-refractivity contribution in [1.29, 1.82) is 0 Å². The lowest BCUT2D eigenvalue weighted by molar-refractivity contribution is 0.568. The van der Waals surface area contributed by atoms with Crippen LogP contribution in [0.15, 0.2) is 71.8 Å². The van der Waals surface area contributed by atoms with Crippen LogP contribution in [0.1, 0.15) is 203 Å². The van der Waals surface area contributed by atoms with Crippen LogP contribution in [0.3, 0.4) is 0 Å². The predicted molar refractivity (Wildman–Crippen MR) is 257 cm³/mol. The van der Waals surface area contributed by atoms with Crippen LogP contribution in [0.5, 0.6) is 0 Å². The summed E-state index contributed by atoms with van der Waals surface area (Å²) in [6.07, 6.45) is 5.18. The van der Waals surface area contributed by atoms with Crippen molar-refractivity contribution in [2.75, 3.05) is 0 Å². The number of hydrogen-bond acceptors (Lipinski definition) is 0. The molecule has 0 heterocycles. The van der Waals surface area contributed by atoms with E-state index in [1.807, 2.05) is 0 Å². The lowest BCUT2D eigenvalue weighted by Gasteiger charge is -2.39. The van der Waals surface area contributed by atoms with E-state index in [4.69, 9.17) is 0 Å². The van der Waals surface area contributed by atoms with E-state index in [1.165, 1.54) is 66.8 Å². The Kier molecular flexibility index (Phi) is 10.9. The van der Waals surface area contributed by atoms with Gasteiger partial charge in [-0.05, 0) is 125 Å². The van der Waals surface area contributed by atoms with Crippen LogP contribution in [-0.2, 0) is 21.7 Å². The second kappa shape index (κ2) is 14.4. The standard InChI is InChI=1S/C56H76Si/c1-33(2)37-27-45(39-23-41(53(7,8)9)31-42(24-39)54(10,11)12)47-21-35(5)51(49(47)29-37)57(19,20)52-36(6)22-48-46(28-38(34(3)4)30-50(48)52)40-25-43(55(13,14)15)32-44(26-40)56(16,17)18/h21-34,51-52H,1-20H3. The average Bonchev–Trinajstić information content (AvgIpc) is 3.61. The van der Waals surface area contributed by atoms with Crippen molar-refractivity contribution in [2.24, 2.45) is 0 Å². The van der Waals surface area contributed by atoms with Crippen LogP contribution in [0.4, 0.5) is 0 Å². The summed E-state index contributed by atoms with van der Waals surface area (Å²) in [4.78, 5) is 0. The van der Waals surface area contributed by atoms with Crippen molar-refractivity contribution >= 4 is 20.2 Å². The van der Waals surface area contributed by atoms with Gasteiger partial charge in [-0.2, -0.15) is 0 Å². The highest BCUT2D eigenvalue weighted by Gasteiger charge is 2.48. The van der Waals surface area contributed by atoms with E-state index in [2.05, 4.69) is 211 Å². The van der Waals surface area contributed by atoms with E-state index in [9.17, 15) is 0 Å². The van der Waals surface area contributed by atoms with Gasteiger partial charge in [0.2, 0.25) is 0 Å². The summed E-state index contributed by atoms with van der Waals surface area (Å²) >= 11 is 0. The zero-order valence-electron chi connectivity index (χ0n) is 39.7. The fourth-order valence-electron chi connectivity index (χ4n) is 9.89. The molecule has 2 atom stereocenters. The molecule has 57 heavy (non-hydrogen) atoms. The first kappa shape index (κ1) is 43.2. The van der Waals surface area contributed by atoms with E-state index >= 15 is 0 Å². The molecule has 2 unspecified atom stereocenters. The SMILES string of the molecule is CC1=Cc2c(-c3cc(C(C)(C)C)cc(C(C)(C)C)c3)cc(C(C)C)cc2C1[Si](C)(C)C1C(C)=Cc2c(-c3cc(C(C)(C)C)cc(C(C)(C)C)c3)cc(C(C)C)cc21.